The summed E-state index contributed by atoms with van der Waals surface area (Å²) in [6.45, 7) is 11.7. The molecule has 0 saturated carbocycles. The average molecular weight is 281 g/mol. The van der Waals surface area contributed by atoms with E-state index in [-0.39, 0.29) is 0 Å². The Kier molecular flexibility index (Phi) is 7.00. The molecule has 0 aromatic carbocycles. The number of hydrogen-bond acceptors (Lipinski definition) is 2. The van der Waals surface area contributed by atoms with Crippen molar-refractivity contribution >= 4 is 0 Å². The zero-order valence-corrected chi connectivity index (χ0v) is 13.1. The van der Waals surface area contributed by atoms with Crippen LogP contribution in [-0.4, -0.2) is 30.6 Å². The molecule has 2 fully saturated rings. The summed E-state index contributed by atoms with van der Waals surface area (Å²) in [6.07, 6.45) is 7.82. The predicted molar refractivity (Wildman–Crippen MR) is 83.2 cm³/mol. The molecule has 20 heavy (non-hydrogen) atoms. The Morgan fingerprint density at radius 2 is 1.80 bits per heavy atom. The minimum atomic E-state index is -0.406. The molecule has 0 aromatic rings. The average Bonchev–Trinajstić information content (AvgIpc) is 2.69. The molecule has 0 N–H and O–H groups in total. The third-order valence-electron chi connectivity index (χ3n) is 4.22. The highest BCUT2D eigenvalue weighted by molar-refractivity contribution is 5.33. The van der Waals surface area contributed by atoms with Gasteiger partial charge in [0.05, 0.1) is 7.11 Å². The van der Waals surface area contributed by atoms with Gasteiger partial charge >= 0.3 is 0 Å². The van der Waals surface area contributed by atoms with Crippen LogP contribution in [0.3, 0.4) is 0 Å². The van der Waals surface area contributed by atoms with Crippen LogP contribution in [0.25, 0.3) is 0 Å². The molecule has 2 nitrogen and oxygen atoms in total. The Bertz CT molecular complexity index is 359. The van der Waals surface area contributed by atoms with Gasteiger partial charge in [-0.25, -0.2) is 4.39 Å². The molecule has 3 heteroatoms. The number of hydrogen-bond donors (Lipinski definition) is 0. The minimum absolute atomic E-state index is 0.406. The van der Waals surface area contributed by atoms with Crippen LogP contribution >= 0.6 is 0 Å². The van der Waals surface area contributed by atoms with Crippen LogP contribution in [0.5, 0.6) is 0 Å². The highest BCUT2D eigenvalue weighted by Crippen LogP contribution is 2.36. The number of rotatable bonds is 5. The summed E-state index contributed by atoms with van der Waals surface area (Å²) in [6, 6.07) is 1.22. The highest BCUT2D eigenvalue weighted by Gasteiger charge is 2.37. The quantitative estimate of drug-likeness (QED) is 0.539. The molecule has 0 aromatic heterocycles. The second-order valence-electron chi connectivity index (χ2n) is 5.14. The van der Waals surface area contributed by atoms with Gasteiger partial charge < -0.3 is 4.74 Å². The second-order valence-corrected chi connectivity index (χ2v) is 5.14. The summed E-state index contributed by atoms with van der Waals surface area (Å²) in [4.78, 5) is 2.42. The van der Waals surface area contributed by atoms with Crippen LogP contribution in [0.1, 0.15) is 46.0 Å². The fourth-order valence-corrected chi connectivity index (χ4v) is 3.29. The standard InChI is InChI=1S/C15H22FNO.C2H6/c1-4-15(18-3)14(11(2)16)10-17-12-6-5-7-13(17)9-8-12;1-2/h4,12-13H,1-2,5-10H2,3H3;1-2H3/b15-14+;. The van der Waals surface area contributed by atoms with Crippen LogP contribution in [0, 0.1) is 0 Å². The van der Waals surface area contributed by atoms with Crippen LogP contribution in [0.4, 0.5) is 4.39 Å². The lowest BCUT2D eigenvalue weighted by Crippen LogP contribution is -2.41. The monoisotopic (exact) mass is 281 g/mol. The number of nitrogens with zero attached hydrogens (tertiary/aromatic N) is 1. The summed E-state index contributed by atoms with van der Waals surface area (Å²) in [5, 5.41) is 0. The molecule has 114 valence electrons. The van der Waals surface area contributed by atoms with E-state index in [1.807, 2.05) is 13.8 Å². The molecule has 0 amide bonds. The topological polar surface area (TPSA) is 12.5 Å². The van der Waals surface area contributed by atoms with Gasteiger partial charge in [0, 0.05) is 24.2 Å². The van der Waals surface area contributed by atoms with E-state index >= 15 is 0 Å². The van der Waals surface area contributed by atoms with Crippen molar-refractivity contribution in [2.75, 3.05) is 13.7 Å². The zero-order chi connectivity index (χ0) is 15.1. The number of methoxy groups -OCH3 is 1. The van der Waals surface area contributed by atoms with Crippen molar-refractivity contribution in [3.63, 3.8) is 0 Å². The fraction of sp³-hybridized carbons (Fsp3) is 0.647. The molecule has 2 unspecified atom stereocenters. The van der Waals surface area contributed by atoms with E-state index in [1.165, 1.54) is 32.1 Å². The van der Waals surface area contributed by atoms with Gasteiger partial charge in [0.1, 0.15) is 11.6 Å². The lowest BCUT2D eigenvalue weighted by atomic mass is 10.0. The van der Waals surface area contributed by atoms with Crippen molar-refractivity contribution in [2.24, 2.45) is 0 Å². The Labute approximate surface area is 123 Å². The van der Waals surface area contributed by atoms with Gasteiger partial charge in [-0.3, -0.25) is 4.90 Å². The molecule has 2 aliphatic heterocycles. The first-order valence-electron chi connectivity index (χ1n) is 7.67. The van der Waals surface area contributed by atoms with E-state index in [2.05, 4.69) is 18.1 Å². The Balaban J connectivity index is 0.000000956. The highest BCUT2D eigenvalue weighted by atomic mass is 19.1. The molecule has 2 rings (SSSR count). The van der Waals surface area contributed by atoms with Gasteiger partial charge in [0.2, 0.25) is 0 Å². The smallest absolute Gasteiger partial charge is 0.125 e. The van der Waals surface area contributed by atoms with Crippen molar-refractivity contribution in [1.29, 1.82) is 0 Å². The number of halogens is 1. The first kappa shape index (κ1) is 17.0. The number of fused-ring (bicyclic) bond motifs is 2. The van der Waals surface area contributed by atoms with Gasteiger partial charge in [0.15, 0.2) is 0 Å². The molecule has 2 aliphatic rings. The SMILES string of the molecule is C=C/C(OC)=C(/CN1C2CCCC1CC2)C(=C)F.CC. The van der Waals surface area contributed by atoms with Crippen molar-refractivity contribution < 1.29 is 9.13 Å². The lowest BCUT2D eigenvalue weighted by molar-refractivity contribution is 0.151. The van der Waals surface area contributed by atoms with Gasteiger partial charge in [0.25, 0.3) is 0 Å². The summed E-state index contributed by atoms with van der Waals surface area (Å²) >= 11 is 0. The Morgan fingerprint density at radius 3 is 2.20 bits per heavy atom. The third kappa shape index (κ3) is 3.72. The largest absolute Gasteiger partial charge is 0.496 e. The Morgan fingerprint density at radius 1 is 1.25 bits per heavy atom. The number of piperidine rings is 1. The molecule has 2 heterocycles. The molecule has 2 bridgehead atoms. The maximum Gasteiger partial charge on any atom is 0.125 e. The molecular formula is C17H28FNO. The fourth-order valence-electron chi connectivity index (χ4n) is 3.29. The first-order chi connectivity index (χ1) is 9.67. The maximum atomic E-state index is 13.6. The van der Waals surface area contributed by atoms with Crippen molar-refractivity contribution in [3.8, 4) is 0 Å². The summed E-state index contributed by atoms with van der Waals surface area (Å²) in [5.41, 5.74) is 0.548. The third-order valence-corrected chi connectivity index (χ3v) is 4.22. The van der Waals surface area contributed by atoms with Crippen molar-refractivity contribution in [3.05, 3.63) is 36.4 Å². The summed E-state index contributed by atoms with van der Waals surface area (Å²) in [5.74, 6) is 0.101. The van der Waals surface area contributed by atoms with E-state index in [0.717, 1.165) is 0 Å². The molecule has 2 atom stereocenters. The van der Waals surface area contributed by atoms with Gasteiger partial charge in [-0.15, -0.1) is 0 Å². The van der Waals surface area contributed by atoms with E-state index < -0.39 is 5.83 Å². The number of allylic oxidation sites excluding steroid dienone is 1. The maximum absolute atomic E-state index is 13.6. The van der Waals surface area contributed by atoms with Crippen LogP contribution in [0.2, 0.25) is 0 Å². The van der Waals surface area contributed by atoms with Crippen molar-refractivity contribution in [2.45, 2.75) is 58.0 Å². The lowest BCUT2D eigenvalue weighted by Gasteiger charge is -2.35. The Hall–Kier alpha value is -1.09. The molecule has 2 saturated heterocycles. The summed E-state index contributed by atoms with van der Waals surface area (Å²) in [7, 11) is 1.55. The van der Waals surface area contributed by atoms with E-state index in [0.29, 0.717) is 30.0 Å². The number of ether oxygens (including phenoxy) is 1. The van der Waals surface area contributed by atoms with E-state index in [4.69, 9.17) is 4.74 Å². The van der Waals surface area contributed by atoms with Crippen LogP contribution in [-0.2, 0) is 4.74 Å². The molecule has 0 spiro atoms. The molecular weight excluding hydrogens is 253 g/mol. The van der Waals surface area contributed by atoms with Gasteiger partial charge in [-0.1, -0.05) is 33.4 Å². The normalized spacial score (nSPS) is 26.2. The van der Waals surface area contributed by atoms with Crippen LogP contribution < -0.4 is 0 Å². The molecule has 0 radical (unpaired) electrons. The first-order valence-corrected chi connectivity index (χ1v) is 7.67. The van der Waals surface area contributed by atoms with E-state index in [9.17, 15) is 4.39 Å². The molecule has 0 aliphatic carbocycles. The zero-order valence-electron chi connectivity index (χ0n) is 13.1. The van der Waals surface area contributed by atoms with Gasteiger partial charge in [-0.2, -0.15) is 0 Å². The predicted octanol–water partition coefficient (Wildman–Crippen LogP) is 4.60. The summed E-state index contributed by atoms with van der Waals surface area (Å²) < 4.78 is 18.8. The van der Waals surface area contributed by atoms with Crippen molar-refractivity contribution in [1.82, 2.24) is 4.90 Å². The van der Waals surface area contributed by atoms with Gasteiger partial charge in [-0.05, 0) is 31.8 Å². The second kappa shape index (κ2) is 8.25. The van der Waals surface area contributed by atoms with E-state index in [1.54, 1.807) is 13.2 Å². The minimum Gasteiger partial charge on any atom is -0.496 e. The van der Waals surface area contributed by atoms with Crippen LogP contribution in [0.15, 0.2) is 36.4 Å².